The van der Waals surface area contributed by atoms with Gasteiger partial charge in [0, 0.05) is 12.1 Å². The fourth-order valence-electron chi connectivity index (χ4n) is 1.64. The Kier molecular flexibility index (Phi) is 5.73. The summed E-state index contributed by atoms with van der Waals surface area (Å²) in [7, 11) is 0. The number of hydrogen-bond donors (Lipinski definition) is 2. The lowest BCUT2D eigenvalue weighted by Crippen LogP contribution is -2.28. The monoisotopic (exact) mass is 300 g/mol. The highest BCUT2D eigenvalue weighted by atomic mass is 19.1. The van der Waals surface area contributed by atoms with Crippen LogP contribution in [0.25, 0.3) is 0 Å². The summed E-state index contributed by atoms with van der Waals surface area (Å²) in [5.74, 6) is -2.74. The van der Waals surface area contributed by atoms with Gasteiger partial charge in [0.2, 0.25) is 0 Å². The summed E-state index contributed by atoms with van der Waals surface area (Å²) >= 11 is 0. The van der Waals surface area contributed by atoms with Crippen molar-refractivity contribution in [3.05, 3.63) is 39.2 Å². The smallest absolute Gasteiger partial charge is 0.329 e. The first kappa shape index (κ1) is 16.5. The fourth-order valence-corrected chi connectivity index (χ4v) is 1.64. The standard InChI is InChI=1S/C12H13FN2O6/c1-7-4-8(13)5-9(11(7)15(19)20)12(18)14-2-3-21-6-10(16)17/h4-5H,2-3,6H2,1H3,(H,14,18)(H,16,17). The molecule has 1 aromatic rings. The molecule has 1 amide bonds. The van der Waals surface area contributed by atoms with Gasteiger partial charge in [-0.25, -0.2) is 9.18 Å². The SMILES string of the molecule is Cc1cc(F)cc(C(=O)NCCOCC(=O)O)c1[N+](=O)[O-]. The molecule has 0 unspecified atom stereocenters. The predicted molar refractivity (Wildman–Crippen MR) is 68.6 cm³/mol. The number of rotatable bonds is 7. The second-order valence-electron chi connectivity index (χ2n) is 4.08. The van der Waals surface area contributed by atoms with Crippen molar-refractivity contribution in [3.63, 3.8) is 0 Å². The topological polar surface area (TPSA) is 119 Å². The first-order chi connectivity index (χ1) is 9.82. The van der Waals surface area contributed by atoms with Gasteiger partial charge in [-0.1, -0.05) is 0 Å². The molecule has 114 valence electrons. The molecule has 0 bridgehead atoms. The molecule has 0 saturated heterocycles. The molecular formula is C12H13FN2O6. The van der Waals surface area contributed by atoms with Crippen LogP contribution in [0.15, 0.2) is 12.1 Å². The number of nitro benzene ring substituents is 1. The van der Waals surface area contributed by atoms with E-state index in [1.165, 1.54) is 6.92 Å². The van der Waals surface area contributed by atoms with Crippen molar-refractivity contribution < 1.29 is 28.7 Å². The molecule has 0 aliphatic rings. The zero-order valence-corrected chi connectivity index (χ0v) is 11.1. The molecule has 0 aliphatic carbocycles. The van der Waals surface area contributed by atoms with Crippen molar-refractivity contribution in [1.29, 1.82) is 0 Å². The lowest BCUT2D eigenvalue weighted by Gasteiger charge is -2.07. The number of carbonyl (C=O) groups excluding carboxylic acids is 1. The summed E-state index contributed by atoms with van der Waals surface area (Å²) in [5.41, 5.74) is -0.830. The number of aryl methyl sites for hydroxylation is 1. The van der Waals surface area contributed by atoms with Gasteiger partial charge >= 0.3 is 5.97 Å². The Balaban J connectivity index is 2.74. The van der Waals surface area contributed by atoms with Crippen LogP contribution in [-0.2, 0) is 9.53 Å². The van der Waals surface area contributed by atoms with E-state index in [9.17, 15) is 24.1 Å². The number of carbonyl (C=O) groups is 2. The largest absolute Gasteiger partial charge is 0.480 e. The van der Waals surface area contributed by atoms with E-state index < -0.39 is 40.5 Å². The van der Waals surface area contributed by atoms with Gasteiger partial charge < -0.3 is 15.2 Å². The van der Waals surface area contributed by atoms with E-state index in [0.29, 0.717) is 0 Å². The third kappa shape index (κ3) is 4.80. The number of nitro groups is 1. The second-order valence-corrected chi connectivity index (χ2v) is 4.08. The normalized spacial score (nSPS) is 10.2. The Morgan fingerprint density at radius 3 is 2.71 bits per heavy atom. The molecular weight excluding hydrogens is 287 g/mol. The first-order valence-electron chi connectivity index (χ1n) is 5.85. The first-order valence-corrected chi connectivity index (χ1v) is 5.85. The number of benzene rings is 1. The molecule has 0 fully saturated rings. The van der Waals surface area contributed by atoms with Crippen LogP contribution in [0.1, 0.15) is 15.9 Å². The number of carboxylic acid groups (broad SMARTS) is 1. The summed E-state index contributed by atoms with van der Waals surface area (Å²) in [5, 5.41) is 21.5. The fraction of sp³-hybridized carbons (Fsp3) is 0.333. The van der Waals surface area contributed by atoms with E-state index >= 15 is 0 Å². The Hall–Kier alpha value is -2.55. The average molecular weight is 300 g/mol. The number of ether oxygens (including phenoxy) is 1. The van der Waals surface area contributed by atoms with Gasteiger partial charge in [-0.15, -0.1) is 0 Å². The second kappa shape index (κ2) is 7.29. The summed E-state index contributed by atoms with van der Waals surface area (Å²) in [4.78, 5) is 32.2. The Morgan fingerprint density at radius 1 is 1.48 bits per heavy atom. The van der Waals surface area contributed by atoms with E-state index in [-0.39, 0.29) is 18.7 Å². The van der Waals surface area contributed by atoms with Gasteiger partial charge in [-0.05, 0) is 19.1 Å². The third-order valence-electron chi connectivity index (χ3n) is 2.45. The minimum Gasteiger partial charge on any atom is -0.480 e. The number of nitrogens with zero attached hydrogens (tertiary/aromatic N) is 1. The van der Waals surface area contributed by atoms with E-state index in [1.807, 2.05) is 0 Å². The van der Waals surface area contributed by atoms with Crippen molar-refractivity contribution in [3.8, 4) is 0 Å². The van der Waals surface area contributed by atoms with Crippen LogP contribution in [-0.4, -0.2) is 41.7 Å². The number of aliphatic carboxylic acids is 1. The molecule has 0 saturated carbocycles. The van der Waals surface area contributed by atoms with Crippen LogP contribution < -0.4 is 5.32 Å². The molecule has 0 aliphatic heterocycles. The maximum Gasteiger partial charge on any atom is 0.329 e. The summed E-state index contributed by atoms with van der Waals surface area (Å²) in [6, 6.07) is 1.74. The van der Waals surface area contributed by atoms with Gasteiger partial charge in [-0.2, -0.15) is 0 Å². The minimum atomic E-state index is -1.15. The van der Waals surface area contributed by atoms with Gasteiger partial charge in [0.15, 0.2) is 0 Å². The Morgan fingerprint density at radius 2 is 2.14 bits per heavy atom. The van der Waals surface area contributed by atoms with Gasteiger partial charge in [-0.3, -0.25) is 14.9 Å². The van der Waals surface area contributed by atoms with Crippen LogP contribution in [0.4, 0.5) is 10.1 Å². The zero-order valence-electron chi connectivity index (χ0n) is 11.1. The number of nitrogens with one attached hydrogen (secondary N) is 1. The quantitative estimate of drug-likeness (QED) is 0.438. The lowest BCUT2D eigenvalue weighted by atomic mass is 10.1. The van der Waals surface area contributed by atoms with Crippen molar-refractivity contribution in [2.24, 2.45) is 0 Å². The Bertz CT molecular complexity index is 575. The highest BCUT2D eigenvalue weighted by Gasteiger charge is 2.23. The van der Waals surface area contributed by atoms with Crippen molar-refractivity contribution in [2.45, 2.75) is 6.92 Å². The van der Waals surface area contributed by atoms with Gasteiger partial charge in [0.1, 0.15) is 18.0 Å². The van der Waals surface area contributed by atoms with Gasteiger partial charge in [0.05, 0.1) is 11.5 Å². The van der Waals surface area contributed by atoms with Crippen LogP contribution in [0, 0.1) is 22.9 Å². The van der Waals surface area contributed by atoms with E-state index in [4.69, 9.17) is 5.11 Å². The molecule has 0 radical (unpaired) electrons. The molecule has 0 spiro atoms. The molecule has 1 aromatic carbocycles. The maximum atomic E-state index is 13.3. The average Bonchev–Trinajstić information content (AvgIpc) is 2.36. The molecule has 9 heteroatoms. The molecule has 8 nitrogen and oxygen atoms in total. The number of halogens is 1. The highest BCUT2D eigenvalue weighted by Crippen LogP contribution is 2.24. The molecule has 1 rings (SSSR count). The number of carboxylic acids is 1. The van der Waals surface area contributed by atoms with Crippen LogP contribution in [0.3, 0.4) is 0 Å². The zero-order chi connectivity index (χ0) is 16.0. The maximum absolute atomic E-state index is 13.3. The van der Waals surface area contributed by atoms with Crippen LogP contribution in [0.5, 0.6) is 0 Å². The summed E-state index contributed by atoms with van der Waals surface area (Å²) in [6.07, 6.45) is 0. The molecule has 21 heavy (non-hydrogen) atoms. The van der Waals surface area contributed by atoms with Crippen LogP contribution >= 0.6 is 0 Å². The van der Waals surface area contributed by atoms with Crippen molar-refractivity contribution >= 4 is 17.6 Å². The summed E-state index contributed by atoms with van der Waals surface area (Å²) < 4.78 is 18.0. The van der Waals surface area contributed by atoms with E-state index in [1.54, 1.807) is 0 Å². The van der Waals surface area contributed by atoms with Gasteiger partial charge in [0.25, 0.3) is 11.6 Å². The van der Waals surface area contributed by atoms with Crippen molar-refractivity contribution in [2.75, 3.05) is 19.8 Å². The Labute approximate surface area is 118 Å². The number of amides is 1. The van der Waals surface area contributed by atoms with Crippen LogP contribution in [0.2, 0.25) is 0 Å². The number of hydrogen-bond acceptors (Lipinski definition) is 5. The highest BCUT2D eigenvalue weighted by molar-refractivity contribution is 5.98. The molecule has 0 atom stereocenters. The molecule has 2 N–H and O–H groups in total. The molecule has 0 heterocycles. The van der Waals surface area contributed by atoms with E-state index in [2.05, 4.69) is 10.1 Å². The summed E-state index contributed by atoms with van der Waals surface area (Å²) in [6.45, 7) is 0.669. The van der Waals surface area contributed by atoms with Crippen molar-refractivity contribution in [1.82, 2.24) is 5.32 Å². The lowest BCUT2D eigenvalue weighted by molar-refractivity contribution is -0.385. The minimum absolute atomic E-state index is 0.0345. The third-order valence-corrected chi connectivity index (χ3v) is 2.45. The van der Waals surface area contributed by atoms with E-state index in [0.717, 1.165) is 12.1 Å². The molecule has 0 aromatic heterocycles. The predicted octanol–water partition coefficient (Wildman–Crippen LogP) is 0.873.